The zero-order valence-electron chi connectivity index (χ0n) is 29.0. The van der Waals surface area contributed by atoms with Crippen molar-refractivity contribution in [2.24, 2.45) is 23.2 Å². The number of carbonyl (C=O) groups excluding carboxylic acids is 1. The van der Waals surface area contributed by atoms with E-state index in [1.165, 1.54) is 11.1 Å². The van der Waals surface area contributed by atoms with Gasteiger partial charge in [0.2, 0.25) is 0 Å². The van der Waals surface area contributed by atoms with E-state index in [0.29, 0.717) is 47.2 Å². The Bertz CT molecular complexity index is 1490. The topological polar surface area (TPSA) is 63.6 Å². The lowest BCUT2D eigenvalue weighted by molar-refractivity contribution is -0.284. The third-order valence-corrected chi connectivity index (χ3v) is 13.3. The summed E-state index contributed by atoms with van der Waals surface area (Å²) in [5.41, 5.74) is 4.04. The minimum atomic E-state index is -5.56. The first-order valence-electron chi connectivity index (χ1n) is 18.3. The molecule has 0 saturated heterocycles. The number of ether oxygens (including phenoxy) is 1. The van der Waals surface area contributed by atoms with Crippen LogP contribution in [0.15, 0.2) is 60.7 Å². The van der Waals surface area contributed by atoms with E-state index in [1.54, 1.807) is 12.1 Å². The van der Waals surface area contributed by atoms with Crippen LogP contribution in [0.2, 0.25) is 0 Å². The number of hydrogen-bond acceptors (Lipinski definition) is 4. The van der Waals surface area contributed by atoms with Crippen LogP contribution in [-0.4, -0.2) is 45.0 Å². The molecule has 50 heavy (non-hydrogen) atoms. The number of aliphatic hydroxyl groups excluding tert-OH is 1. The second kappa shape index (κ2) is 16.4. The molecule has 0 spiro atoms. The quantitative estimate of drug-likeness (QED) is 0.0616. The molecule has 2 saturated carbocycles. The number of rotatable bonds is 16. The molecule has 2 aromatic rings. The molecule has 4 unspecified atom stereocenters. The normalized spacial score (nSPS) is 26.9. The molecule has 0 aliphatic heterocycles. The van der Waals surface area contributed by atoms with E-state index < -0.39 is 41.8 Å². The van der Waals surface area contributed by atoms with Crippen molar-refractivity contribution in [2.45, 2.75) is 121 Å². The first-order valence-corrected chi connectivity index (χ1v) is 19.8. The smallest absolute Gasteiger partial charge is 0.423 e. The summed E-state index contributed by atoms with van der Waals surface area (Å²) in [5, 5.41) is 10.9. The zero-order chi connectivity index (χ0) is 36.1. The number of hydrogen-bond donors (Lipinski definition) is 1. The predicted molar refractivity (Wildman–Crippen MR) is 187 cm³/mol. The fraction of sp³-hybridized carbons (Fsp3) is 0.625. The molecule has 7 atom stereocenters. The molecular weight excluding hydrogens is 671 g/mol. The van der Waals surface area contributed by atoms with E-state index in [2.05, 4.69) is 25.6 Å². The van der Waals surface area contributed by atoms with Crippen LogP contribution in [0.3, 0.4) is 0 Å². The van der Waals surface area contributed by atoms with Gasteiger partial charge in [0.25, 0.3) is 0 Å². The van der Waals surface area contributed by atoms with Gasteiger partial charge in [-0.2, -0.15) is 22.0 Å². The van der Waals surface area contributed by atoms with Gasteiger partial charge in [-0.3, -0.25) is 4.21 Å². The first kappa shape index (κ1) is 38.6. The number of aliphatic hydroxyl groups is 1. The van der Waals surface area contributed by atoms with Crippen LogP contribution in [0.1, 0.15) is 118 Å². The summed E-state index contributed by atoms with van der Waals surface area (Å²) < 4.78 is 80.9. The van der Waals surface area contributed by atoms with Crippen molar-refractivity contribution in [1.82, 2.24) is 0 Å². The lowest BCUT2D eigenvalue weighted by atomic mass is 9.52. The van der Waals surface area contributed by atoms with Crippen molar-refractivity contribution < 1.29 is 40.8 Å². The summed E-state index contributed by atoms with van der Waals surface area (Å²) in [6, 6.07) is 15.1. The molecule has 3 aliphatic rings. The molecule has 0 aromatic heterocycles. The summed E-state index contributed by atoms with van der Waals surface area (Å²) in [5.74, 6) is -2.67. The molecule has 0 radical (unpaired) electrons. The molecule has 1 N–H and O–H groups in total. The molecule has 0 bridgehead atoms. The van der Waals surface area contributed by atoms with Gasteiger partial charge >= 0.3 is 18.1 Å². The van der Waals surface area contributed by atoms with Gasteiger partial charge in [-0.05, 0) is 115 Å². The number of fused-ring (bicyclic) bond motifs is 5. The van der Waals surface area contributed by atoms with Crippen LogP contribution in [0.5, 0.6) is 5.75 Å². The van der Waals surface area contributed by atoms with Crippen LogP contribution in [0, 0.1) is 23.2 Å². The molecule has 4 nitrogen and oxygen atoms in total. The minimum absolute atomic E-state index is 0.0562. The van der Waals surface area contributed by atoms with Gasteiger partial charge in [0.05, 0.1) is 11.7 Å². The number of unbranched alkanes of at least 4 members (excludes halogenated alkanes) is 6. The maximum atomic E-state index is 13.0. The number of benzene rings is 2. The Kier molecular flexibility index (Phi) is 12.7. The largest absolute Gasteiger partial charge is 0.453 e. The number of halogens is 5. The second-order valence-corrected chi connectivity index (χ2v) is 16.7. The summed E-state index contributed by atoms with van der Waals surface area (Å²) in [7, 11) is -1.38. The molecule has 3 aliphatic carbocycles. The average Bonchev–Trinajstić information content (AvgIpc) is 3.30. The van der Waals surface area contributed by atoms with E-state index in [4.69, 9.17) is 4.74 Å². The van der Waals surface area contributed by atoms with E-state index in [9.17, 15) is 36.1 Å². The van der Waals surface area contributed by atoms with Gasteiger partial charge in [-0.15, -0.1) is 0 Å². The van der Waals surface area contributed by atoms with Crippen molar-refractivity contribution >= 4 is 16.8 Å². The summed E-state index contributed by atoms with van der Waals surface area (Å²) >= 11 is 0. The van der Waals surface area contributed by atoms with Gasteiger partial charge in [-0.1, -0.05) is 76.3 Å². The fourth-order valence-electron chi connectivity index (χ4n) is 9.03. The van der Waals surface area contributed by atoms with Crippen LogP contribution >= 0.6 is 0 Å². The SMILES string of the molecule is C=C1[C@H](O)CC2C3C(CC[C@]12C)c1ccc(OC(=O)c2ccccc2)cc1C[C@H]3CCCCCCCCCS(=O)CCCC(F)(F)C(F)(F)F. The van der Waals surface area contributed by atoms with Gasteiger partial charge < -0.3 is 9.84 Å². The van der Waals surface area contributed by atoms with Crippen LogP contribution < -0.4 is 4.74 Å². The number of esters is 1. The summed E-state index contributed by atoms with van der Waals surface area (Å²) in [4.78, 5) is 12.8. The van der Waals surface area contributed by atoms with Gasteiger partial charge in [0.1, 0.15) is 5.75 Å². The highest BCUT2D eigenvalue weighted by Gasteiger charge is 2.57. The lowest BCUT2D eigenvalue weighted by Gasteiger charge is -2.52. The molecule has 2 aromatic carbocycles. The molecule has 0 heterocycles. The van der Waals surface area contributed by atoms with Crippen LogP contribution in [0.25, 0.3) is 0 Å². The number of alkyl halides is 5. The maximum Gasteiger partial charge on any atom is 0.453 e. The molecule has 10 heteroatoms. The Morgan fingerprint density at radius 1 is 0.960 bits per heavy atom. The average molecular weight is 723 g/mol. The molecular formula is C40H51F5O4S. The first-order chi connectivity index (χ1) is 23.7. The predicted octanol–water partition coefficient (Wildman–Crippen LogP) is 10.4. The van der Waals surface area contributed by atoms with Gasteiger partial charge in [0, 0.05) is 28.7 Å². The Hall–Kier alpha value is -2.59. The Labute approximate surface area is 295 Å². The number of carbonyl (C=O) groups is 1. The molecule has 2 fully saturated rings. The van der Waals surface area contributed by atoms with Crippen molar-refractivity contribution in [3.8, 4) is 5.75 Å². The Balaban J connectivity index is 1.11. The standard InChI is InChI=1S/C40H51F5O4S/c1-27-35(46)26-34-36-29(16-9-6-4-3-5-7-12-22-50(48)23-13-20-39(41,42)40(43,44)45)24-30-25-31(49-37(47)28-14-10-8-11-15-28)17-18-32(30)33(36)19-21-38(27,34)2/h8,10-11,14-15,17-18,25,29,33-36,46H,1,3-7,9,12-13,16,19-24,26H2,2H3/t29-,33?,34?,35-,36?,38-,50?/m1/s1. The third kappa shape index (κ3) is 8.88. The summed E-state index contributed by atoms with van der Waals surface area (Å²) in [6.07, 6.45) is 3.84. The van der Waals surface area contributed by atoms with Crippen molar-refractivity contribution in [1.29, 1.82) is 0 Å². The fourth-order valence-corrected chi connectivity index (χ4v) is 10.2. The van der Waals surface area contributed by atoms with Crippen molar-refractivity contribution in [2.75, 3.05) is 11.5 Å². The van der Waals surface area contributed by atoms with Gasteiger partial charge in [-0.25, -0.2) is 4.79 Å². The lowest BCUT2D eigenvalue weighted by Crippen LogP contribution is -2.44. The molecule has 276 valence electrons. The molecule has 0 amide bonds. The highest BCUT2D eigenvalue weighted by atomic mass is 32.2. The van der Waals surface area contributed by atoms with Crippen LogP contribution in [0.4, 0.5) is 22.0 Å². The highest BCUT2D eigenvalue weighted by Crippen LogP contribution is 2.64. The highest BCUT2D eigenvalue weighted by molar-refractivity contribution is 7.84. The third-order valence-electron chi connectivity index (χ3n) is 11.8. The Morgan fingerprint density at radius 3 is 2.32 bits per heavy atom. The van der Waals surface area contributed by atoms with Crippen molar-refractivity contribution in [3.63, 3.8) is 0 Å². The van der Waals surface area contributed by atoms with E-state index >= 15 is 0 Å². The van der Waals surface area contributed by atoms with Crippen molar-refractivity contribution in [3.05, 3.63) is 77.4 Å². The van der Waals surface area contributed by atoms with Gasteiger partial charge in [0.15, 0.2) is 0 Å². The Morgan fingerprint density at radius 2 is 1.62 bits per heavy atom. The zero-order valence-corrected chi connectivity index (χ0v) is 29.8. The van der Waals surface area contributed by atoms with E-state index in [1.807, 2.05) is 24.3 Å². The van der Waals surface area contributed by atoms with Crippen LogP contribution in [-0.2, 0) is 17.2 Å². The summed E-state index contributed by atoms with van der Waals surface area (Å²) in [6.45, 7) is 6.64. The second-order valence-electron chi connectivity index (χ2n) is 15.0. The monoisotopic (exact) mass is 722 g/mol. The van der Waals surface area contributed by atoms with E-state index in [0.717, 1.165) is 76.2 Å². The molecule has 5 rings (SSSR count). The van der Waals surface area contributed by atoms with E-state index in [-0.39, 0.29) is 17.1 Å². The minimum Gasteiger partial charge on any atom is -0.423 e. The maximum absolute atomic E-state index is 13.0.